The number of rotatable bonds is 1. The predicted octanol–water partition coefficient (Wildman–Crippen LogP) is 0.909. The number of halogens is 3. The van der Waals surface area contributed by atoms with E-state index in [1.54, 1.807) is 0 Å². The summed E-state index contributed by atoms with van der Waals surface area (Å²) in [5.74, 6) is -1.24. The molecule has 0 amide bonds. The van der Waals surface area contributed by atoms with Crippen LogP contribution in [0.2, 0.25) is 0 Å². The monoisotopic (exact) mass is 183 g/mol. The third-order valence-electron chi connectivity index (χ3n) is 2.18. The normalized spacial score (nSPS) is 32.0. The maximum atomic E-state index is 12.1. The highest BCUT2D eigenvalue weighted by atomic mass is 19.4. The second kappa shape index (κ2) is 3.62. The summed E-state index contributed by atoms with van der Waals surface area (Å²) in [6.45, 7) is 0.127. The van der Waals surface area contributed by atoms with E-state index in [9.17, 15) is 13.2 Å². The van der Waals surface area contributed by atoms with E-state index in [4.69, 9.17) is 5.11 Å². The molecule has 1 heterocycles. The lowest BCUT2D eigenvalue weighted by atomic mass is 9.92. The number of aliphatic hydroxyl groups is 1. The molecule has 2 nitrogen and oxygen atoms in total. The van der Waals surface area contributed by atoms with Crippen molar-refractivity contribution in [2.24, 2.45) is 5.92 Å². The van der Waals surface area contributed by atoms with Gasteiger partial charge < -0.3 is 10.4 Å². The molecule has 0 saturated carbocycles. The van der Waals surface area contributed by atoms with Gasteiger partial charge >= 0.3 is 6.18 Å². The van der Waals surface area contributed by atoms with Crippen LogP contribution in [0.5, 0.6) is 0 Å². The molecule has 0 aliphatic carbocycles. The van der Waals surface area contributed by atoms with Crippen molar-refractivity contribution < 1.29 is 18.3 Å². The molecule has 12 heavy (non-hydrogen) atoms. The van der Waals surface area contributed by atoms with Crippen LogP contribution in [0.15, 0.2) is 0 Å². The molecule has 72 valence electrons. The molecule has 2 N–H and O–H groups in total. The lowest BCUT2D eigenvalue weighted by molar-refractivity contribution is -0.183. The highest BCUT2D eigenvalue weighted by Gasteiger charge is 2.41. The topological polar surface area (TPSA) is 32.3 Å². The fraction of sp³-hybridized carbons (Fsp3) is 1.00. The van der Waals surface area contributed by atoms with Crippen molar-refractivity contribution in [3.05, 3.63) is 0 Å². The molecule has 0 bridgehead atoms. The number of piperidine rings is 1. The fourth-order valence-electron chi connectivity index (χ4n) is 1.44. The summed E-state index contributed by atoms with van der Waals surface area (Å²) in [7, 11) is 0. The van der Waals surface area contributed by atoms with Gasteiger partial charge in [0.05, 0.1) is 12.5 Å². The van der Waals surface area contributed by atoms with E-state index < -0.39 is 12.1 Å². The van der Waals surface area contributed by atoms with E-state index in [1.165, 1.54) is 0 Å². The molecule has 0 aromatic heterocycles. The van der Waals surface area contributed by atoms with Gasteiger partial charge in [-0.3, -0.25) is 0 Å². The average molecular weight is 183 g/mol. The van der Waals surface area contributed by atoms with Crippen LogP contribution in [-0.4, -0.2) is 30.5 Å². The Balaban J connectivity index is 2.46. The average Bonchev–Trinajstić information content (AvgIpc) is 2.03. The molecule has 0 aromatic rings. The summed E-state index contributed by atoms with van der Waals surface area (Å²) < 4.78 is 36.4. The summed E-state index contributed by atoms with van der Waals surface area (Å²) >= 11 is 0. The quantitative estimate of drug-likeness (QED) is 0.633. The minimum Gasteiger partial charge on any atom is -0.395 e. The van der Waals surface area contributed by atoms with Crippen molar-refractivity contribution in [3.63, 3.8) is 0 Å². The number of hydrogen-bond donors (Lipinski definition) is 2. The first-order valence-electron chi connectivity index (χ1n) is 3.95. The molecule has 0 aromatic carbocycles. The van der Waals surface area contributed by atoms with Crippen LogP contribution in [0.1, 0.15) is 12.8 Å². The Labute approximate surface area is 68.8 Å². The second-order valence-electron chi connectivity index (χ2n) is 3.10. The Morgan fingerprint density at radius 1 is 1.42 bits per heavy atom. The molecule has 1 rings (SSSR count). The summed E-state index contributed by atoms with van der Waals surface area (Å²) in [6.07, 6.45) is -3.98. The third-order valence-corrected chi connectivity index (χ3v) is 2.18. The van der Waals surface area contributed by atoms with Crippen molar-refractivity contribution in [1.82, 2.24) is 5.32 Å². The largest absolute Gasteiger partial charge is 0.395 e. The van der Waals surface area contributed by atoms with Crippen LogP contribution >= 0.6 is 0 Å². The van der Waals surface area contributed by atoms with Gasteiger partial charge in [-0.2, -0.15) is 13.2 Å². The fourth-order valence-corrected chi connectivity index (χ4v) is 1.44. The lowest BCUT2D eigenvalue weighted by Gasteiger charge is -2.30. The van der Waals surface area contributed by atoms with Gasteiger partial charge in [-0.05, 0) is 19.4 Å². The van der Waals surface area contributed by atoms with Gasteiger partial charge in [0, 0.05) is 6.04 Å². The van der Waals surface area contributed by atoms with Crippen molar-refractivity contribution in [2.75, 3.05) is 13.2 Å². The number of nitrogens with one attached hydrogen (secondary N) is 1. The van der Waals surface area contributed by atoms with Crippen LogP contribution < -0.4 is 5.32 Å². The van der Waals surface area contributed by atoms with E-state index in [1.807, 2.05) is 0 Å². The zero-order valence-corrected chi connectivity index (χ0v) is 6.56. The van der Waals surface area contributed by atoms with Crippen molar-refractivity contribution in [2.45, 2.75) is 25.1 Å². The Kier molecular flexibility index (Phi) is 2.95. The molecule has 0 unspecified atom stereocenters. The van der Waals surface area contributed by atoms with Crippen LogP contribution in [-0.2, 0) is 0 Å². The van der Waals surface area contributed by atoms with Gasteiger partial charge in [0.15, 0.2) is 0 Å². The molecular formula is C7H12F3NO. The molecule has 0 spiro atoms. The molecule has 1 saturated heterocycles. The Morgan fingerprint density at radius 3 is 2.58 bits per heavy atom. The highest BCUT2D eigenvalue weighted by Crippen LogP contribution is 2.33. The summed E-state index contributed by atoms with van der Waals surface area (Å²) in [4.78, 5) is 0. The highest BCUT2D eigenvalue weighted by molar-refractivity contribution is 4.81. The Bertz CT molecular complexity index is 148. The summed E-state index contributed by atoms with van der Waals surface area (Å²) in [5, 5.41) is 11.5. The molecule has 2 atom stereocenters. The number of hydrogen-bond acceptors (Lipinski definition) is 2. The van der Waals surface area contributed by atoms with Gasteiger partial charge in [0.2, 0.25) is 0 Å². The van der Waals surface area contributed by atoms with Crippen LogP contribution in [0.3, 0.4) is 0 Å². The van der Waals surface area contributed by atoms with Crippen LogP contribution in [0, 0.1) is 5.92 Å². The van der Waals surface area contributed by atoms with Crippen LogP contribution in [0.4, 0.5) is 13.2 Å². The van der Waals surface area contributed by atoms with Gasteiger partial charge in [0.1, 0.15) is 0 Å². The third kappa shape index (κ3) is 2.35. The minimum atomic E-state index is -4.10. The zero-order chi connectivity index (χ0) is 9.19. The van der Waals surface area contributed by atoms with E-state index in [-0.39, 0.29) is 25.5 Å². The summed E-state index contributed by atoms with van der Waals surface area (Å²) in [5.41, 5.74) is 0. The van der Waals surface area contributed by atoms with Gasteiger partial charge in [-0.15, -0.1) is 0 Å². The molecule has 1 aliphatic heterocycles. The van der Waals surface area contributed by atoms with E-state index in [2.05, 4.69) is 5.32 Å². The van der Waals surface area contributed by atoms with Crippen LogP contribution in [0.25, 0.3) is 0 Å². The maximum Gasteiger partial charge on any atom is 0.391 e. The SMILES string of the molecule is OC[C@H]1C[C@@H](C(F)(F)F)CCN1. The lowest BCUT2D eigenvalue weighted by Crippen LogP contribution is -2.44. The summed E-state index contributed by atoms with van der Waals surface area (Å²) in [6, 6.07) is -0.384. The van der Waals surface area contributed by atoms with Crippen molar-refractivity contribution in [3.8, 4) is 0 Å². The number of aliphatic hydroxyl groups excluding tert-OH is 1. The maximum absolute atomic E-state index is 12.1. The van der Waals surface area contributed by atoms with Crippen molar-refractivity contribution >= 4 is 0 Å². The smallest absolute Gasteiger partial charge is 0.391 e. The van der Waals surface area contributed by atoms with Crippen molar-refractivity contribution in [1.29, 1.82) is 0 Å². The first kappa shape index (κ1) is 9.80. The molecule has 1 aliphatic rings. The second-order valence-corrected chi connectivity index (χ2v) is 3.10. The molecule has 1 fully saturated rings. The molecular weight excluding hydrogens is 171 g/mol. The molecule has 5 heteroatoms. The van der Waals surface area contributed by atoms with E-state index in [0.29, 0.717) is 6.54 Å². The van der Waals surface area contributed by atoms with E-state index >= 15 is 0 Å². The van der Waals surface area contributed by atoms with Gasteiger partial charge in [-0.25, -0.2) is 0 Å². The Morgan fingerprint density at radius 2 is 2.08 bits per heavy atom. The van der Waals surface area contributed by atoms with Gasteiger partial charge in [-0.1, -0.05) is 0 Å². The Hall–Kier alpha value is -0.290. The number of alkyl halides is 3. The van der Waals surface area contributed by atoms with Gasteiger partial charge in [0.25, 0.3) is 0 Å². The predicted molar refractivity (Wildman–Crippen MR) is 37.7 cm³/mol. The molecule has 0 radical (unpaired) electrons. The standard InChI is InChI=1S/C7H12F3NO/c8-7(9,10)5-1-2-11-6(3-5)4-12/h5-6,11-12H,1-4H2/t5-,6+/m0/s1. The minimum absolute atomic E-state index is 0. The zero-order valence-electron chi connectivity index (χ0n) is 6.56. The first-order chi connectivity index (χ1) is 5.54. The first-order valence-corrected chi connectivity index (χ1v) is 3.95. The van der Waals surface area contributed by atoms with E-state index in [0.717, 1.165) is 0 Å².